The number of methoxy groups -OCH3 is 3. The number of halogens is 1. The van der Waals surface area contributed by atoms with Gasteiger partial charge in [0, 0.05) is 12.1 Å². The zero-order chi connectivity index (χ0) is 19.5. The Bertz CT molecular complexity index is 947. The molecule has 0 aromatic heterocycles. The molecule has 2 aromatic rings. The molecule has 0 fully saturated rings. The van der Waals surface area contributed by atoms with Crippen molar-refractivity contribution < 1.29 is 27.6 Å². The molecular formula is C15H15ClN2O7S. The van der Waals surface area contributed by atoms with Gasteiger partial charge in [-0.15, -0.1) is 0 Å². The summed E-state index contributed by atoms with van der Waals surface area (Å²) in [6, 6.07) is 6.01. The van der Waals surface area contributed by atoms with Crippen LogP contribution < -0.4 is 18.9 Å². The van der Waals surface area contributed by atoms with Crippen LogP contribution in [0.1, 0.15) is 0 Å². The van der Waals surface area contributed by atoms with Gasteiger partial charge in [0.15, 0.2) is 5.75 Å². The molecule has 2 aromatic carbocycles. The van der Waals surface area contributed by atoms with Crippen LogP contribution in [0, 0.1) is 10.1 Å². The Balaban J connectivity index is 2.48. The van der Waals surface area contributed by atoms with Crippen molar-refractivity contribution in [2.45, 2.75) is 4.90 Å². The predicted octanol–water partition coefficient (Wildman–Crippen LogP) is 3.07. The molecule has 1 N–H and O–H groups in total. The highest BCUT2D eigenvalue weighted by molar-refractivity contribution is 7.92. The topological polar surface area (TPSA) is 117 Å². The molecule has 0 radical (unpaired) electrons. The lowest BCUT2D eigenvalue weighted by molar-refractivity contribution is -0.386. The van der Waals surface area contributed by atoms with Crippen LogP contribution >= 0.6 is 11.6 Å². The maximum absolute atomic E-state index is 12.6. The van der Waals surface area contributed by atoms with E-state index in [1.807, 2.05) is 0 Å². The van der Waals surface area contributed by atoms with E-state index in [1.165, 1.54) is 45.6 Å². The third-order valence-corrected chi connectivity index (χ3v) is 5.03. The summed E-state index contributed by atoms with van der Waals surface area (Å²) in [7, 11) is -0.154. The molecule has 9 nitrogen and oxygen atoms in total. The number of anilines is 1. The predicted molar refractivity (Wildman–Crippen MR) is 95.0 cm³/mol. The maximum atomic E-state index is 12.6. The van der Waals surface area contributed by atoms with E-state index in [2.05, 4.69) is 4.72 Å². The molecule has 140 valence electrons. The second-order valence-electron chi connectivity index (χ2n) is 4.88. The Morgan fingerprint density at radius 1 is 1.00 bits per heavy atom. The first kappa shape index (κ1) is 19.6. The minimum Gasteiger partial charge on any atom is -0.495 e. The molecule has 2 rings (SSSR count). The fourth-order valence-electron chi connectivity index (χ4n) is 2.12. The summed E-state index contributed by atoms with van der Waals surface area (Å²) >= 11 is 6.02. The van der Waals surface area contributed by atoms with Crippen LogP contribution in [0.4, 0.5) is 11.4 Å². The first-order valence-electron chi connectivity index (χ1n) is 7.00. The van der Waals surface area contributed by atoms with Crippen LogP contribution in [0.25, 0.3) is 0 Å². The quantitative estimate of drug-likeness (QED) is 0.558. The smallest absolute Gasteiger partial charge is 0.312 e. The SMILES string of the molecule is COc1cc(OC)c(NS(=O)(=O)c2ccc(OC)c([N+](=O)[O-])c2)cc1Cl. The molecule has 0 unspecified atom stereocenters. The van der Waals surface area contributed by atoms with Gasteiger partial charge in [-0.05, 0) is 18.2 Å². The average molecular weight is 403 g/mol. The van der Waals surface area contributed by atoms with Crippen molar-refractivity contribution in [3.05, 3.63) is 45.5 Å². The number of ether oxygens (including phenoxy) is 3. The highest BCUT2D eigenvalue weighted by atomic mass is 35.5. The Morgan fingerprint density at radius 3 is 2.15 bits per heavy atom. The minimum atomic E-state index is -4.15. The van der Waals surface area contributed by atoms with Crippen molar-refractivity contribution in [2.24, 2.45) is 0 Å². The summed E-state index contributed by atoms with van der Waals surface area (Å²) in [6.07, 6.45) is 0. The molecular weight excluding hydrogens is 388 g/mol. The lowest BCUT2D eigenvalue weighted by atomic mass is 10.3. The fourth-order valence-corrected chi connectivity index (χ4v) is 3.44. The fraction of sp³-hybridized carbons (Fsp3) is 0.200. The maximum Gasteiger partial charge on any atom is 0.312 e. The van der Waals surface area contributed by atoms with Gasteiger partial charge in [-0.3, -0.25) is 14.8 Å². The van der Waals surface area contributed by atoms with Crippen LogP contribution in [0.15, 0.2) is 35.2 Å². The normalized spacial score (nSPS) is 10.9. The monoisotopic (exact) mass is 402 g/mol. The molecule has 0 atom stereocenters. The van der Waals surface area contributed by atoms with E-state index in [4.69, 9.17) is 25.8 Å². The van der Waals surface area contributed by atoms with Crippen molar-refractivity contribution in [1.29, 1.82) is 0 Å². The van der Waals surface area contributed by atoms with Crippen LogP contribution in [-0.2, 0) is 10.0 Å². The molecule has 0 saturated carbocycles. The van der Waals surface area contributed by atoms with E-state index in [9.17, 15) is 18.5 Å². The first-order chi connectivity index (χ1) is 12.2. The number of hydrogen-bond donors (Lipinski definition) is 1. The number of nitro groups is 1. The van der Waals surface area contributed by atoms with E-state index in [-0.39, 0.29) is 27.1 Å². The number of rotatable bonds is 7. The molecule has 0 amide bonds. The number of hydrogen-bond acceptors (Lipinski definition) is 7. The minimum absolute atomic E-state index is 0.0526. The molecule has 0 aliphatic carbocycles. The van der Waals surface area contributed by atoms with Crippen molar-refractivity contribution in [3.8, 4) is 17.2 Å². The van der Waals surface area contributed by atoms with E-state index in [0.717, 1.165) is 6.07 Å². The Labute approximate surface area is 154 Å². The van der Waals surface area contributed by atoms with Crippen molar-refractivity contribution in [1.82, 2.24) is 0 Å². The average Bonchev–Trinajstić information content (AvgIpc) is 2.61. The largest absolute Gasteiger partial charge is 0.495 e. The van der Waals surface area contributed by atoms with Crippen molar-refractivity contribution in [3.63, 3.8) is 0 Å². The molecule has 0 spiro atoms. The lowest BCUT2D eigenvalue weighted by Gasteiger charge is -2.14. The summed E-state index contributed by atoms with van der Waals surface area (Å²) in [5.74, 6) is 0.406. The molecule has 0 heterocycles. The molecule has 0 aliphatic heterocycles. The summed E-state index contributed by atoms with van der Waals surface area (Å²) in [4.78, 5) is 10.0. The first-order valence-corrected chi connectivity index (χ1v) is 8.86. The second kappa shape index (κ2) is 7.67. The lowest BCUT2D eigenvalue weighted by Crippen LogP contribution is -2.14. The molecule has 0 saturated heterocycles. The van der Waals surface area contributed by atoms with Crippen molar-refractivity contribution >= 4 is 33.0 Å². The summed E-state index contributed by atoms with van der Waals surface area (Å²) < 4.78 is 42.5. The highest BCUT2D eigenvalue weighted by Gasteiger charge is 2.23. The number of nitro benzene ring substituents is 1. The third-order valence-electron chi connectivity index (χ3n) is 3.38. The summed E-state index contributed by atoms with van der Waals surface area (Å²) in [5.41, 5.74) is -0.424. The van der Waals surface area contributed by atoms with Crippen LogP contribution in [0.5, 0.6) is 17.2 Å². The van der Waals surface area contributed by atoms with E-state index < -0.39 is 20.6 Å². The van der Waals surface area contributed by atoms with Gasteiger partial charge < -0.3 is 14.2 Å². The van der Waals surface area contributed by atoms with Crippen LogP contribution in [0.2, 0.25) is 5.02 Å². The molecule has 0 bridgehead atoms. The van der Waals surface area contributed by atoms with Gasteiger partial charge in [-0.1, -0.05) is 11.6 Å². The highest BCUT2D eigenvalue weighted by Crippen LogP contribution is 2.37. The molecule has 0 aliphatic rings. The van der Waals surface area contributed by atoms with Gasteiger partial charge in [-0.2, -0.15) is 0 Å². The number of sulfonamides is 1. The second-order valence-corrected chi connectivity index (χ2v) is 6.97. The van der Waals surface area contributed by atoms with E-state index in [0.29, 0.717) is 5.75 Å². The van der Waals surface area contributed by atoms with Gasteiger partial charge in [0.05, 0.1) is 41.9 Å². The van der Waals surface area contributed by atoms with Crippen LogP contribution in [0.3, 0.4) is 0 Å². The summed E-state index contributed by atoms with van der Waals surface area (Å²) in [5, 5.41) is 11.3. The standard InChI is InChI=1S/C15H15ClN2O7S/c1-23-13-5-4-9(6-12(13)18(19)20)26(21,22)17-11-7-10(16)14(24-2)8-15(11)25-3/h4-8,17H,1-3H3. The number of nitrogens with one attached hydrogen (secondary N) is 1. The molecule has 26 heavy (non-hydrogen) atoms. The zero-order valence-corrected chi connectivity index (χ0v) is 15.6. The Hall–Kier alpha value is -2.72. The number of nitrogens with zero attached hydrogens (tertiary/aromatic N) is 1. The third kappa shape index (κ3) is 3.92. The van der Waals surface area contributed by atoms with Gasteiger partial charge in [0.2, 0.25) is 0 Å². The van der Waals surface area contributed by atoms with E-state index >= 15 is 0 Å². The van der Waals surface area contributed by atoms with Gasteiger partial charge in [-0.25, -0.2) is 8.42 Å². The Morgan fingerprint density at radius 2 is 1.62 bits per heavy atom. The van der Waals surface area contributed by atoms with Gasteiger partial charge in [0.25, 0.3) is 10.0 Å². The Kier molecular flexibility index (Phi) is 5.78. The zero-order valence-electron chi connectivity index (χ0n) is 14.0. The van der Waals surface area contributed by atoms with Crippen molar-refractivity contribution in [2.75, 3.05) is 26.1 Å². The van der Waals surface area contributed by atoms with Crippen LogP contribution in [-0.4, -0.2) is 34.7 Å². The van der Waals surface area contributed by atoms with E-state index in [1.54, 1.807) is 0 Å². The number of benzene rings is 2. The van der Waals surface area contributed by atoms with Gasteiger partial charge >= 0.3 is 5.69 Å². The molecule has 11 heteroatoms. The van der Waals surface area contributed by atoms with Gasteiger partial charge in [0.1, 0.15) is 11.5 Å². The summed E-state index contributed by atoms with van der Waals surface area (Å²) in [6.45, 7) is 0.